The molecule has 2 aliphatic heterocycles. The molecule has 2 heterocycles. The molecule has 2 unspecified atom stereocenters. The van der Waals surface area contributed by atoms with Crippen molar-refractivity contribution in [2.45, 2.75) is 44.6 Å². The average Bonchev–Trinajstić information content (AvgIpc) is 2.63. The molecule has 13 heteroatoms. The lowest BCUT2D eigenvalue weighted by Gasteiger charge is -2.48. The molecule has 0 saturated carbocycles. The van der Waals surface area contributed by atoms with Crippen LogP contribution in [-0.2, 0) is 28.5 Å². The first-order chi connectivity index (χ1) is 13.5. The Morgan fingerprint density at radius 1 is 1.20 bits per heavy atom. The fourth-order valence-corrected chi connectivity index (χ4v) is 3.82. The number of nitrogens with zero attached hydrogens (tertiary/aromatic N) is 2. The first-order valence-electron chi connectivity index (χ1n) is 8.87. The van der Waals surface area contributed by atoms with Crippen molar-refractivity contribution in [3.05, 3.63) is 11.3 Å². The Hall–Kier alpha value is -2.18. The van der Waals surface area contributed by atoms with Gasteiger partial charge >= 0.3 is 18.2 Å². The maximum absolute atomic E-state index is 12.7. The summed E-state index contributed by atoms with van der Waals surface area (Å²) in [5, 5.41) is -0.416. The van der Waals surface area contributed by atoms with Crippen LogP contribution in [-0.4, -0.2) is 84.2 Å². The van der Waals surface area contributed by atoms with Gasteiger partial charge in [0.15, 0.2) is 0 Å². The van der Waals surface area contributed by atoms with E-state index in [4.69, 9.17) is 24.7 Å². The number of fused-ring (bicyclic) bond motifs is 1. The largest absolute Gasteiger partial charge is 0.511 e. The highest BCUT2D eigenvalue weighted by Crippen LogP contribution is 2.40. The summed E-state index contributed by atoms with van der Waals surface area (Å²) in [5.74, 6) is -1.02. The Morgan fingerprint density at radius 2 is 1.83 bits per heavy atom. The molecule has 30 heavy (non-hydrogen) atoms. The number of ether oxygens (including phenoxy) is 4. The number of amides is 2. The van der Waals surface area contributed by atoms with Crippen molar-refractivity contribution in [1.82, 2.24) is 9.80 Å². The van der Waals surface area contributed by atoms with Crippen molar-refractivity contribution in [3.63, 3.8) is 0 Å². The predicted octanol–water partition coefficient (Wildman–Crippen LogP) is 1.05. The molecule has 0 aliphatic carbocycles. The molecular formula is C17H26ClN3O8S. The van der Waals surface area contributed by atoms with E-state index in [1.54, 1.807) is 13.8 Å². The van der Waals surface area contributed by atoms with E-state index in [-0.39, 0.29) is 24.7 Å². The third kappa shape index (κ3) is 5.92. The highest BCUT2D eigenvalue weighted by Gasteiger charge is 2.52. The molecule has 0 aromatic carbocycles. The molecule has 0 bridgehead atoms. The van der Waals surface area contributed by atoms with Crippen LogP contribution >= 0.6 is 24.2 Å². The molecule has 0 aromatic rings. The van der Waals surface area contributed by atoms with Gasteiger partial charge in [0.05, 0.1) is 6.10 Å². The zero-order valence-corrected chi connectivity index (χ0v) is 18.9. The van der Waals surface area contributed by atoms with Crippen LogP contribution in [0.4, 0.5) is 9.59 Å². The summed E-state index contributed by atoms with van der Waals surface area (Å²) in [5.41, 5.74) is 6.13. The number of β-lactam (4-membered cyclic amide) rings is 1. The first-order valence-corrected chi connectivity index (χ1v) is 9.92. The van der Waals surface area contributed by atoms with Gasteiger partial charge in [0.25, 0.3) is 0 Å². The maximum atomic E-state index is 12.7. The van der Waals surface area contributed by atoms with E-state index in [2.05, 4.69) is 0 Å². The summed E-state index contributed by atoms with van der Waals surface area (Å²) in [6, 6.07) is -0.733. The monoisotopic (exact) mass is 467 g/mol. The van der Waals surface area contributed by atoms with Crippen LogP contribution in [0.5, 0.6) is 0 Å². The van der Waals surface area contributed by atoms with Gasteiger partial charge < -0.3 is 29.6 Å². The van der Waals surface area contributed by atoms with Crippen LogP contribution in [0.2, 0.25) is 0 Å². The minimum Gasteiger partial charge on any atom is -0.445 e. The number of thioether (sulfide) groups is 1. The van der Waals surface area contributed by atoms with Gasteiger partial charge in [-0.3, -0.25) is 9.69 Å². The summed E-state index contributed by atoms with van der Waals surface area (Å²) < 4.78 is 20.0. The lowest BCUT2D eigenvalue weighted by atomic mass is 10.0. The molecule has 1 fully saturated rings. The molecule has 11 nitrogen and oxygen atoms in total. The number of carbonyl (C=O) groups is 4. The third-order valence-electron chi connectivity index (χ3n) is 3.88. The minimum atomic E-state index is -1.26. The van der Waals surface area contributed by atoms with E-state index in [0.29, 0.717) is 11.3 Å². The molecule has 2 aliphatic rings. The molecule has 0 aromatic heterocycles. The fraction of sp³-hybridized carbons (Fsp3) is 0.647. The van der Waals surface area contributed by atoms with Gasteiger partial charge in [-0.2, -0.15) is 0 Å². The second-order valence-corrected chi connectivity index (χ2v) is 7.95. The van der Waals surface area contributed by atoms with Crippen molar-refractivity contribution < 1.29 is 38.1 Å². The first kappa shape index (κ1) is 25.9. The van der Waals surface area contributed by atoms with Gasteiger partial charge in [-0.25, -0.2) is 14.4 Å². The number of hydrogen-bond acceptors (Lipinski definition) is 10. The highest BCUT2D eigenvalue weighted by atomic mass is 35.5. The lowest BCUT2D eigenvalue weighted by molar-refractivity contribution is -0.169. The van der Waals surface area contributed by atoms with E-state index in [0.717, 1.165) is 0 Å². The van der Waals surface area contributed by atoms with E-state index in [9.17, 15) is 19.2 Å². The molecule has 3 atom stereocenters. The van der Waals surface area contributed by atoms with Crippen molar-refractivity contribution in [1.29, 1.82) is 0 Å². The summed E-state index contributed by atoms with van der Waals surface area (Å²) in [6.45, 7) is 4.42. The van der Waals surface area contributed by atoms with Crippen LogP contribution in [0.25, 0.3) is 0 Å². The Labute approximate surface area is 184 Å². The summed E-state index contributed by atoms with van der Waals surface area (Å²) in [4.78, 5) is 50.7. The summed E-state index contributed by atoms with van der Waals surface area (Å²) in [6.07, 6.45) is -3.25. The number of rotatable bonds is 6. The molecule has 1 saturated heterocycles. The highest BCUT2D eigenvalue weighted by molar-refractivity contribution is 8.00. The number of hydrogen-bond donors (Lipinski definition) is 1. The second kappa shape index (κ2) is 10.7. The maximum Gasteiger partial charge on any atom is 0.511 e. The van der Waals surface area contributed by atoms with E-state index < -0.39 is 47.9 Å². The predicted molar refractivity (Wildman–Crippen MR) is 109 cm³/mol. The van der Waals surface area contributed by atoms with Gasteiger partial charge in [0.2, 0.25) is 12.2 Å². The minimum absolute atomic E-state index is 0. The SMILES string of the molecule is CC(C)OC(=O)OC(C)OC(=O)C1=C(COC(=O)N(C)C)CS[C@H]2C(N)C(=O)N12.Cl. The van der Waals surface area contributed by atoms with Gasteiger partial charge in [-0.05, 0) is 13.8 Å². The Morgan fingerprint density at radius 3 is 2.40 bits per heavy atom. The zero-order valence-electron chi connectivity index (χ0n) is 17.3. The summed E-state index contributed by atoms with van der Waals surface area (Å²) in [7, 11) is 3.04. The average molecular weight is 468 g/mol. The van der Waals surface area contributed by atoms with Crippen LogP contribution in [0.1, 0.15) is 20.8 Å². The van der Waals surface area contributed by atoms with Crippen LogP contribution in [0, 0.1) is 0 Å². The van der Waals surface area contributed by atoms with Crippen LogP contribution in [0.15, 0.2) is 11.3 Å². The summed E-state index contributed by atoms with van der Waals surface area (Å²) >= 11 is 1.35. The zero-order chi connectivity index (χ0) is 21.9. The topological polar surface area (TPSA) is 138 Å². The van der Waals surface area contributed by atoms with Crippen LogP contribution in [0.3, 0.4) is 0 Å². The molecule has 0 spiro atoms. The number of carbonyl (C=O) groups excluding carboxylic acids is 4. The molecule has 2 N–H and O–H groups in total. The third-order valence-corrected chi connectivity index (χ3v) is 5.24. The lowest BCUT2D eigenvalue weighted by Crippen LogP contribution is -2.68. The second-order valence-electron chi connectivity index (χ2n) is 6.84. The van der Waals surface area contributed by atoms with E-state index in [1.165, 1.54) is 42.6 Å². The van der Waals surface area contributed by atoms with Gasteiger partial charge in [0.1, 0.15) is 23.7 Å². The van der Waals surface area contributed by atoms with Crippen molar-refractivity contribution >= 4 is 48.3 Å². The van der Waals surface area contributed by atoms with Crippen molar-refractivity contribution in [3.8, 4) is 0 Å². The Balaban J connectivity index is 0.00000450. The Bertz CT molecular complexity index is 730. The fourth-order valence-electron chi connectivity index (χ4n) is 2.54. The molecule has 0 radical (unpaired) electrons. The molecule has 170 valence electrons. The van der Waals surface area contributed by atoms with Crippen LogP contribution < -0.4 is 5.73 Å². The smallest absolute Gasteiger partial charge is 0.445 e. The molecule has 2 amide bonds. The number of nitrogens with two attached hydrogens (primary N) is 1. The number of esters is 1. The van der Waals surface area contributed by atoms with Crippen molar-refractivity contribution in [2.24, 2.45) is 5.73 Å². The standard InChI is InChI=1S/C17H25N3O8S.ClH/c1-8(2)26-17(24)28-9(3)27-15(22)12-10(6-25-16(23)19(4)5)7-29-14-11(18)13(21)20(12)14;/h8-9,11,14H,6-7,18H2,1-5H3;1H/t9?,11?,14-;/m0./s1. The normalized spacial score (nSPS) is 21.0. The van der Waals surface area contributed by atoms with E-state index in [1.807, 2.05) is 0 Å². The van der Waals surface area contributed by atoms with Gasteiger partial charge in [0, 0.05) is 32.3 Å². The number of halogens is 1. The quantitative estimate of drug-likeness (QED) is 0.261. The van der Waals surface area contributed by atoms with Crippen molar-refractivity contribution in [2.75, 3.05) is 26.5 Å². The molecular weight excluding hydrogens is 442 g/mol. The molecule has 2 rings (SSSR count). The van der Waals surface area contributed by atoms with Gasteiger partial charge in [-0.1, -0.05) is 0 Å². The Kier molecular flexibility index (Phi) is 9.25. The van der Waals surface area contributed by atoms with Gasteiger partial charge in [-0.15, -0.1) is 24.2 Å². The van der Waals surface area contributed by atoms with E-state index >= 15 is 0 Å².